The highest BCUT2D eigenvalue weighted by Crippen LogP contribution is 2.12. The Hall–Kier alpha value is 0.210. The topological polar surface area (TPSA) is 24.6 Å². The van der Waals surface area contributed by atoms with Crippen LogP contribution in [0.1, 0.15) is 90.4 Å². The summed E-state index contributed by atoms with van der Waals surface area (Å²) in [5.41, 5.74) is 0. The first-order valence-corrected chi connectivity index (χ1v) is 9.26. The van der Waals surface area contributed by atoms with Crippen molar-refractivity contribution in [2.75, 3.05) is 19.7 Å². The minimum absolute atomic E-state index is 0. The molecule has 2 nitrogen and oxygen atoms in total. The summed E-state index contributed by atoms with van der Waals surface area (Å²) in [5.74, 6) is 0. The van der Waals surface area contributed by atoms with E-state index in [9.17, 15) is 0 Å². The van der Waals surface area contributed by atoms with E-state index < -0.39 is 0 Å². The fourth-order valence-electron chi connectivity index (χ4n) is 2.72. The first-order chi connectivity index (χ1) is 9.93. The third-order valence-corrected chi connectivity index (χ3v) is 4.23. The molecule has 0 aromatic carbocycles. The van der Waals surface area contributed by atoms with Gasteiger partial charge in [-0.25, -0.2) is 0 Å². The van der Waals surface area contributed by atoms with E-state index in [1.54, 1.807) is 0 Å². The Morgan fingerprint density at radius 3 is 1.62 bits per heavy atom. The lowest BCUT2D eigenvalue weighted by Crippen LogP contribution is -2.20. The first-order valence-electron chi connectivity index (χ1n) is 9.26. The average Bonchev–Trinajstić information content (AvgIpc) is 3.27. The van der Waals surface area contributed by atoms with Crippen LogP contribution in [0, 0.1) is 0 Å². The Balaban J connectivity index is 0.00000400. The van der Waals surface area contributed by atoms with Crippen molar-refractivity contribution < 1.29 is 4.74 Å². The van der Waals surface area contributed by atoms with Crippen molar-refractivity contribution in [2.24, 2.45) is 0 Å². The molecule has 128 valence electrons. The van der Waals surface area contributed by atoms with Crippen LogP contribution in [0.4, 0.5) is 0 Å². The average molecular weight is 320 g/mol. The number of hydrogen-bond acceptors (Lipinski definition) is 2. The minimum atomic E-state index is 0. The summed E-state index contributed by atoms with van der Waals surface area (Å²) in [4.78, 5) is 0. The van der Waals surface area contributed by atoms with Crippen LogP contribution in [-0.4, -0.2) is 25.8 Å². The number of halogens is 1. The monoisotopic (exact) mass is 319 g/mol. The van der Waals surface area contributed by atoms with Crippen molar-refractivity contribution in [3.05, 3.63) is 0 Å². The van der Waals surface area contributed by atoms with Crippen molar-refractivity contribution in [3.8, 4) is 0 Å². The van der Waals surface area contributed by atoms with Crippen molar-refractivity contribution >= 4 is 12.4 Å². The highest BCUT2D eigenvalue weighted by Gasteiger charge is 2.20. The van der Waals surface area contributed by atoms with Gasteiger partial charge in [-0.15, -0.1) is 12.4 Å². The highest BCUT2D eigenvalue weighted by atomic mass is 35.5. The molecular formula is C18H38ClNO. The maximum atomic E-state index is 5.17. The molecule has 1 N–H and O–H groups in total. The second kappa shape index (κ2) is 16.6. The summed E-state index contributed by atoms with van der Waals surface area (Å²) in [6, 6.07) is 0. The van der Waals surface area contributed by atoms with E-state index in [1.165, 1.54) is 90.0 Å². The zero-order valence-electron chi connectivity index (χ0n) is 14.2. The molecule has 0 amide bonds. The van der Waals surface area contributed by atoms with Crippen LogP contribution in [0.5, 0.6) is 0 Å². The lowest BCUT2D eigenvalue weighted by molar-refractivity contribution is 0.395. The molecule has 1 aliphatic heterocycles. The third-order valence-electron chi connectivity index (χ3n) is 4.23. The number of unbranched alkanes of at least 4 members (excludes halogenated alkanes) is 12. The van der Waals surface area contributed by atoms with Gasteiger partial charge in [-0.2, -0.15) is 0 Å². The molecule has 1 fully saturated rings. The Morgan fingerprint density at radius 1 is 0.762 bits per heavy atom. The highest BCUT2D eigenvalue weighted by molar-refractivity contribution is 5.85. The first kappa shape index (κ1) is 21.2. The molecule has 0 aromatic rings. The fourth-order valence-corrected chi connectivity index (χ4v) is 2.72. The Kier molecular flexibility index (Phi) is 16.7. The summed E-state index contributed by atoms with van der Waals surface area (Å²) in [7, 11) is 0. The molecule has 0 aliphatic carbocycles. The van der Waals surface area contributed by atoms with E-state index in [0.717, 1.165) is 13.2 Å². The van der Waals surface area contributed by atoms with Gasteiger partial charge < -0.3 is 10.1 Å². The fraction of sp³-hybridized carbons (Fsp3) is 1.00. The zero-order valence-corrected chi connectivity index (χ0v) is 15.0. The summed E-state index contributed by atoms with van der Waals surface area (Å²) in [6.07, 6.45) is 19.2. The smallest absolute Gasteiger partial charge is 0.0933 e. The van der Waals surface area contributed by atoms with E-state index in [0.29, 0.717) is 6.10 Å². The second-order valence-corrected chi connectivity index (χ2v) is 6.40. The van der Waals surface area contributed by atoms with Gasteiger partial charge in [0.1, 0.15) is 0 Å². The lowest BCUT2D eigenvalue weighted by Gasteiger charge is -2.04. The summed E-state index contributed by atoms with van der Waals surface area (Å²) in [6.45, 7) is 5.51. The van der Waals surface area contributed by atoms with Crippen molar-refractivity contribution in [1.29, 1.82) is 0 Å². The van der Waals surface area contributed by atoms with Crippen LogP contribution in [0.2, 0.25) is 0 Å². The molecule has 0 aromatic heterocycles. The quantitative estimate of drug-likeness (QED) is 0.300. The normalized spacial score (nSPS) is 16.7. The molecule has 0 saturated carbocycles. The van der Waals surface area contributed by atoms with Gasteiger partial charge in [0, 0.05) is 6.54 Å². The number of epoxide rings is 1. The molecule has 3 heteroatoms. The number of rotatable bonds is 16. The van der Waals surface area contributed by atoms with Gasteiger partial charge in [0.05, 0.1) is 12.7 Å². The van der Waals surface area contributed by atoms with Gasteiger partial charge in [-0.3, -0.25) is 0 Å². The van der Waals surface area contributed by atoms with Crippen molar-refractivity contribution in [2.45, 2.75) is 96.5 Å². The molecule has 0 radical (unpaired) electrons. The van der Waals surface area contributed by atoms with Gasteiger partial charge in [-0.05, 0) is 13.0 Å². The van der Waals surface area contributed by atoms with Gasteiger partial charge >= 0.3 is 0 Å². The summed E-state index contributed by atoms with van der Waals surface area (Å²) in [5, 5.41) is 3.46. The standard InChI is InChI=1S/C18H37NO.ClH/c1-2-3-4-5-6-7-8-9-10-11-12-13-14-15-19-16-18-17-20-18;/h18-19H,2-17H2,1H3;1H. The molecular weight excluding hydrogens is 282 g/mol. The predicted molar refractivity (Wildman–Crippen MR) is 95.6 cm³/mol. The molecule has 1 heterocycles. The molecule has 1 saturated heterocycles. The maximum Gasteiger partial charge on any atom is 0.0933 e. The van der Waals surface area contributed by atoms with E-state index in [-0.39, 0.29) is 12.4 Å². The van der Waals surface area contributed by atoms with Gasteiger partial charge in [-0.1, -0.05) is 84.0 Å². The van der Waals surface area contributed by atoms with Crippen LogP contribution < -0.4 is 5.32 Å². The Labute approximate surface area is 139 Å². The van der Waals surface area contributed by atoms with Crippen molar-refractivity contribution in [1.82, 2.24) is 5.32 Å². The number of ether oxygens (including phenoxy) is 1. The van der Waals surface area contributed by atoms with Crippen LogP contribution in [0.15, 0.2) is 0 Å². The summed E-state index contributed by atoms with van der Waals surface area (Å²) >= 11 is 0. The van der Waals surface area contributed by atoms with Crippen molar-refractivity contribution in [3.63, 3.8) is 0 Å². The van der Waals surface area contributed by atoms with E-state index in [1.807, 2.05) is 0 Å². The lowest BCUT2D eigenvalue weighted by atomic mass is 10.0. The van der Waals surface area contributed by atoms with Crippen LogP contribution in [0.25, 0.3) is 0 Å². The van der Waals surface area contributed by atoms with Gasteiger partial charge in [0.2, 0.25) is 0 Å². The molecule has 1 unspecified atom stereocenters. The van der Waals surface area contributed by atoms with E-state index in [4.69, 9.17) is 4.74 Å². The Morgan fingerprint density at radius 2 is 1.19 bits per heavy atom. The molecule has 1 aliphatic rings. The molecule has 0 spiro atoms. The molecule has 21 heavy (non-hydrogen) atoms. The maximum absolute atomic E-state index is 5.17. The van der Waals surface area contributed by atoms with Crippen LogP contribution in [-0.2, 0) is 4.74 Å². The Bertz CT molecular complexity index is 198. The van der Waals surface area contributed by atoms with E-state index in [2.05, 4.69) is 12.2 Å². The van der Waals surface area contributed by atoms with E-state index >= 15 is 0 Å². The zero-order chi connectivity index (χ0) is 14.3. The summed E-state index contributed by atoms with van der Waals surface area (Å²) < 4.78 is 5.17. The molecule has 1 rings (SSSR count). The second-order valence-electron chi connectivity index (χ2n) is 6.40. The molecule has 0 bridgehead atoms. The number of nitrogens with one attached hydrogen (secondary N) is 1. The minimum Gasteiger partial charge on any atom is -0.372 e. The third kappa shape index (κ3) is 16.4. The van der Waals surface area contributed by atoms with Gasteiger partial charge in [0.15, 0.2) is 0 Å². The number of hydrogen-bond donors (Lipinski definition) is 1. The largest absolute Gasteiger partial charge is 0.372 e. The SMILES string of the molecule is CCCCCCCCCCCCCCCNCC1CO1.Cl. The van der Waals surface area contributed by atoms with Crippen LogP contribution in [0.3, 0.4) is 0 Å². The molecule has 1 atom stereocenters. The van der Waals surface area contributed by atoms with Gasteiger partial charge in [0.25, 0.3) is 0 Å². The van der Waals surface area contributed by atoms with Crippen LogP contribution >= 0.6 is 12.4 Å². The predicted octanol–water partition coefficient (Wildman–Crippen LogP) is 5.49.